The van der Waals surface area contributed by atoms with Crippen LogP contribution < -0.4 is 10.5 Å². The predicted molar refractivity (Wildman–Crippen MR) is 79.6 cm³/mol. The second kappa shape index (κ2) is 5.02. The largest absolute Gasteiger partial charge is 0.497 e. The van der Waals surface area contributed by atoms with Crippen molar-refractivity contribution in [3.05, 3.63) is 34.2 Å². The van der Waals surface area contributed by atoms with E-state index >= 15 is 0 Å². The molecule has 0 radical (unpaired) electrons. The van der Waals surface area contributed by atoms with E-state index in [1.54, 1.807) is 18.4 Å². The third-order valence-corrected chi connectivity index (χ3v) is 4.28. The van der Waals surface area contributed by atoms with Crippen LogP contribution in [0, 0.1) is 13.8 Å². The Bertz CT molecular complexity index is 549. The summed E-state index contributed by atoms with van der Waals surface area (Å²) in [7, 11) is 1.70. The summed E-state index contributed by atoms with van der Waals surface area (Å²) in [6, 6.07) is 6.33. The fraction of sp³-hybridized carbons (Fsp3) is 0.333. The molecular weight excluding hydrogens is 242 g/mol. The SMILES string of the molecule is CCc1cc(-c2c(C)cc(OC)cc2C)c(N)s1. The number of hydrogen-bond acceptors (Lipinski definition) is 3. The first-order valence-corrected chi connectivity index (χ1v) is 6.92. The first-order chi connectivity index (χ1) is 8.56. The van der Waals surface area contributed by atoms with Crippen molar-refractivity contribution < 1.29 is 4.74 Å². The maximum absolute atomic E-state index is 6.14. The molecule has 0 saturated carbocycles. The van der Waals surface area contributed by atoms with Crippen LogP contribution in [0.4, 0.5) is 5.00 Å². The zero-order valence-corrected chi connectivity index (χ0v) is 12.1. The van der Waals surface area contributed by atoms with Crippen LogP contribution in [0.15, 0.2) is 18.2 Å². The van der Waals surface area contributed by atoms with E-state index in [1.165, 1.54) is 21.6 Å². The second-order valence-corrected chi connectivity index (χ2v) is 5.65. The van der Waals surface area contributed by atoms with E-state index in [2.05, 4.69) is 39.0 Å². The fourth-order valence-electron chi connectivity index (χ4n) is 2.29. The van der Waals surface area contributed by atoms with Crippen LogP contribution in [-0.2, 0) is 6.42 Å². The maximum Gasteiger partial charge on any atom is 0.119 e. The molecule has 0 amide bonds. The molecule has 2 aromatic rings. The van der Waals surface area contributed by atoms with Crippen LogP contribution in [0.3, 0.4) is 0 Å². The van der Waals surface area contributed by atoms with Crippen LogP contribution >= 0.6 is 11.3 Å². The smallest absolute Gasteiger partial charge is 0.119 e. The molecule has 0 aliphatic heterocycles. The second-order valence-electron chi connectivity index (χ2n) is 4.48. The van der Waals surface area contributed by atoms with Gasteiger partial charge in [-0.15, -0.1) is 11.3 Å². The summed E-state index contributed by atoms with van der Waals surface area (Å²) < 4.78 is 5.29. The summed E-state index contributed by atoms with van der Waals surface area (Å²) in [5.41, 5.74) is 11.0. The van der Waals surface area contributed by atoms with Gasteiger partial charge in [-0.05, 0) is 55.2 Å². The van der Waals surface area contributed by atoms with Crippen LogP contribution in [0.25, 0.3) is 11.1 Å². The fourth-order valence-corrected chi connectivity index (χ4v) is 3.17. The number of aryl methyl sites for hydroxylation is 3. The highest BCUT2D eigenvalue weighted by Gasteiger charge is 2.13. The minimum absolute atomic E-state index is 0.901. The van der Waals surface area contributed by atoms with E-state index in [1.807, 2.05) is 0 Å². The molecule has 0 aliphatic rings. The van der Waals surface area contributed by atoms with Gasteiger partial charge < -0.3 is 10.5 Å². The molecular formula is C15H19NOS. The summed E-state index contributed by atoms with van der Waals surface area (Å²) in [6.45, 7) is 6.37. The standard InChI is InChI=1S/C15H19NOS/c1-5-12-8-13(15(16)18-12)14-9(2)6-11(17-4)7-10(14)3/h6-8H,5,16H2,1-4H3. The third-order valence-electron chi connectivity index (χ3n) is 3.17. The summed E-state index contributed by atoms with van der Waals surface area (Å²) in [5.74, 6) is 0.901. The number of methoxy groups -OCH3 is 1. The van der Waals surface area contributed by atoms with Crippen LogP contribution in [0.2, 0.25) is 0 Å². The quantitative estimate of drug-likeness (QED) is 0.899. The lowest BCUT2D eigenvalue weighted by atomic mass is 9.96. The first-order valence-electron chi connectivity index (χ1n) is 6.10. The molecule has 1 aromatic heterocycles. The van der Waals surface area contributed by atoms with Crippen molar-refractivity contribution in [3.8, 4) is 16.9 Å². The summed E-state index contributed by atoms with van der Waals surface area (Å²) >= 11 is 1.68. The number of nitrogens with two attached hydrogens (primary N) is 1. The molecule has 1 heterocycles. The van der Waals surface area contributed by atoms with Crippen LogP contribution in [-0.4, -0.2) is 7.11 Å². The first kappa shape index (κ1) is 13.0. The molecule has 3 heteroatoms. The Labute approximate surface area is 112 Å². The number of benzene rings is 1. The third kappa shape index (κ3) is 2.23. The monoisotopic (exact) mass is 261 g/mol. The van der Waals surface area contributed by atoms with Gasteiger partial charge in [-0.2, -0.15) is 0 Å². The summed E-state index contributed by atoms with van der Waals surface area (Å²) in [4.78, 5) is 1.33. The van der Waals surface area contributed by atoms with E-state index in [9.17, 15) is 0 Å². The average molecular weight is 261 g/mol. The van der Waals surface area contributed by atoms with Gasteiger partial charge in [0.15, 0.2) is 0 Å². The Hall–Kier alpha value is -1.48. The average Bonchev–Trinajstić information content (AvgIpc) is 2.70. The Morgan fingerprint density at radius 2 is 1.78 bits per heavy atom. The lowest BCUT2D eigenvalue weighted by Gasteiger charge is -2.11. The van der Waals surface area contributed by atoms with Crippen molar-refractivity contribution in [1.82, 2.24) is 0 Å². The molecule has 0 aliphatic carbocycles. The van der Waals surface area contributed by atoms with E-state index in [0.717, 1.165) is 22.7 Å². The highest BCUT2D eigenvalue weighted by atomic mass is 32.1. The Kier molecular flexibility index (Phi) is 3.62. The molecule has 0 saturated heterocycles. The van der Waals surface area contributed by atoms with Gasteiger partial charge in [0.2, 0.25) is 0 Å². The summed E-state index contributed by atoms with van der Waals surface area (Å²) in [6.07, 6.45) is 1.03. The van der Waals surface area contributed by atoms with Gasteiger partial charge in [0.1, 0.15) is 5.75 Å². The molecule has 2 N–H and O–H groups in total. The van der Waals surface area contributed by atoms with Gasteiger partial charge in [-0.25, -0.2) is 0 Å². The number of hydrogen-bond donors (Lipinski definition) is 1. The minimum atomic E-state index is 0.901. The molecule has 2 nitrogen and oxygen atoms in total. The topological polar surface area (TPSA) is 35.2 Å². The molecule has 0 unspecified atom stereocenters. The number of rotatable bonds is 3. The molecule has 96 valence electrons. The van der Waals surface area contributed by atoms with Crippen molar-refractivity contribution >= 4 is 16.3 Å². The molecule has 0 fully saturated rings. The molecule has 2 rings (SSSR count). The number of ether oxygens (including phenoxy) is 1. The highest BCUT2D eigenvalue weighted by molar-refractivity contribution is 7.16. The van der Waals surface area contributed by atoms with Crippen molar-refractivity contribution in [2.45, 2.75) is 27.2 Å². The Balaban J connectivity index is 2.59. The van der Waals surface area contributed by atoms with E-state index < -0.39 is 0 Å². The lowest BCUT2D eigenvalue weighted by Crippen LogP contribution is -1.93. The molecule has 1 aromatic carbocycles. The van der Waals surface area contributed by atoms with E-state index in [0.29, 0.717) is 0 Å². The van der Waals surface area contributed by atoms with Gasteiger partial charge in [0, 0.05) is 10.4 Å². The van der Waals surface area contributed by atoms with Gasteiger partial charge in [-0.1, -0.05) is 6.92 Å². The Morgan fingerprint density at radius 3 is 2.22 bits per heavy atom. The predicted octanol–water partition coefficient (Wildman–Crippen LogP) is 4.19. The van der Waals surface area contributed by atoms with Crippen molar-refractivity contribution in [3.63, 3.8) is 0 Å². The number of nitrogen functional groups attached to an aromatic ring is 1. The van der Waals surface area contributed by atoms with Gasteiger partial charge in [0.25, 0.3) is 0 Å². The minimum Gasteiger partial charge on any atom is -0.497 e. The Morgan fingerprint density at radius 1 is 1.17 bits per heavy atom. The van der Waals surface area contributed by atoms with Crippen molar-refractivity contribution in [2.75, 3.05) is 12.8 Å². The number of thiophene rings is 1. The van der Waals surface area contributed by atoms with Gasteiger partial charge >= 0.3 is 0 Å². The zero-order valence-electron chi connectivity index (χ0n) is 11.3. The van der Waals surface area contributed by atoms with Crippen molar-refractivity contribution in [2.24, 2.45) is 0 Å². The summed E-state index contributed by atoms with van der Waals surface area (Å²) in [5, 5.41) is 0.906. The van der Waals surface area contributed by atoms with E-state index in [-0.39, 0.29) is 0 Å². The molecule has 0 atom stereocenters. The molecule has 0 bridgehead atoms. The maximum atomic E-state index is 6.14. The molecule has 0 spiro atoms. The molecule has 18 heavy (non-hydrogen) atoms. The van der Waals surface area contributed by atoms with E-state index in [4.69, 9.17) is 10.5 Å². The zero-order chi connectivity index (χ0) is 13.3. The highest BCUT2D eigenvalue weighted by Crippen LogP contribution is 2.39. The van der Waals surface area contributed by atoms with Crippen molar-refractivity contribution in [1.29, 1.82) is 0 Å². The van der Waals surface area contributed by atoms with Gasteiger partial charge in [-0.3, -0.25) is 0 Å². The lowest BCUT2D eigenvalue weighted by molar-refractivity contribution is 0.414. The van der Waals surface area contributed by atoms with Crippen LogP contribution in [0.1, 0.15) is 22.9 Å². The normalized spacial score (nSPS) is 10.7. The van der Waals surface area contributed by atoms with Crippen LogP contribution in [0.5, 0.6) is 5.75 Å². The van der Waals surface area contributed by atoms with Gasteiger partial charge in [0.05, 0.1) is 12.1 Å². The number of anilines is 1.